The summed E-state index contributed by atoms with van der Waals surface area (Å²) in [6.45, 7) is 0. The Labute approximate surface area is 169 Å². The van der Waals surface area contributed by atoms with E-state index in [4.69, 9.17) is 0 Å². The molecule has 0 bridgehead atoms. The molecule has 0 aliphatic rings. The number of aromatic amines is 2. The maximum Gasteiger partial charge on any atom is 0.323 e. The Balaban J connectivity index is 1.49. The highest BCUT2D eigenvalue weighted by Crippen LogP contribution is 2.19. The number of amides is 1. The number of fused-ring (bicyclic) bond motifs is 1. The molecule has 0 saturated carbocycles. The molecule has 30 heavy (non-hydrogen) atoms. The third-order valence-electron chi connectivity index (χ3n) is 4.30. The van der Waals surface area contributed by atoms with Crippen LogP contribution in [0.5, 0.6) is 0 Å². The highest BCUT2D eigenvalue weighted by atomic mass is 32.2. The Morgan fingerprint density at radius 2 is 1.47 bits per heavy atom. The van der Waals surface area contributed by atoms with Gasteiger partial charge in [-0.25, -0.2) is 17.6 Å². The summed E-state index contributed by atoms with van der Waals surface area (Å²) in [7, 11) is -3.89. The van der Waals surface area contributed by atoms with Gasteiger partial charge in [0, 0.05) is 16.9 Å². The van der Waals surface area contributed by atoms with Crippen LogP contribution in [0.25, 0.3) is 11.0 Å². The van der Waals surface area contributed by atoms with Gasteiger partial charge in [-0.1, -0.05) is 0 Å². The first-order valence-corrected chi connectivity index (χ1v) is 10.2. The summed E-state index contributed by atoms with van der Waals surface area (Å²) >= 11 is 0. The molecule has 8 nitrogen and oxygen atoms in total. The van der Waals surface area contributed by atoms with Crippen molar-refractivity contribution >= 4 is 38.3 Å². The number of sulfonamides is 1. The van der Waals surface area contributed by atoms with E-state index >= 15 is 0 Å². The molecule has 0 aliphatic carbocycles. The lowest BCUT2D eigenvalue weighted by molar-refractivity contribution is 0.102. The van der Waals surface area contributed by atoms with Crippen molar-refractivity contribution in [3.8, 4) is 0 Å². The van der Waals surface area contributed by atoms with Gasteiger partial charge in [0.1, 0.15) is 5.82 Å². The van der Waals surface area contributed by atoms with E-state index in [0.717, 1.165) is 12.1 Å². The Hall–Kier alpha value is -3.92. The van der Waals surface area contributed by atoms with E-state index in [2.05, 4.69) is 20.0 Å². The summed E-state index contributed by atoms with van der Waals surface area (Å²) in [5, 5.41) is 2.69. The van der Waals surface area contributed by atoms with Crippen molar-refractivity contribution in [1.29, 1.82) is 0 Å². The molecule has 0 saturated heterocycles. The van der Waals surface area contributed by atoms with Gasteiger partial charge in [-0.3, -0.25) is 9.52 Å². The predicted molar refractivity (Wildman–Crippen MR) is 111 cm³/mol. The monoisotopic (exact) mass is 426 g/mol. The summed E-state index contributed by atoms with van der Waals surface area (Å²) in [6.07, 6.45) is 0. The number of carbonyl (C=O) groups is 1. The third kappa shape index (κ3) is 4.08. The van der Waals surface area contributed by atoms with E-state index < -0.39 is 21.7 Å². The zero-order valence-electron chi connectivity index (χ0n) is 15.3. The fourth-order valence-corrected chi connectivity index (χ4v) is 3.89. The number of aromatic nitrogens is 2. The first-order chi connectivity index (χ1) is 14.3. The zero-order chi connectivity index (χ0) is 21.3. The van der Waals surface area contributed by atoms with Gasteiger partial charge in [0.25, 0.3) is 15.9 Å². The van der Waals surface area contributed by atoms with E-state index in [1.165, 1.54) is 36.4 Å². The third-order valence-corrected chi connectivity index (χ3v) is 5.69. The summed E-state index contributed by atoms with van der Waals surface area (Å²) in [5.41, 5.74) is 1.75. The number of hydrogen-bond donors (Lipinski definition) is 4. The summed E-state index contributed by atoms with van der Waals surface area (Å²) in [5.74, 6) is -0.919. The number of carbonyl (C=O) groups excluding carboxylic acids is 1. The highest BCUT2D eigenvalue weighted by molar-refractivity contribution is 7.92. The van der Waals surface area contributed by atoms with E-state index in [9.17, 15) is 22.4 Å². The molecule has 0 unspecified atom stereocenters. The number of anilines is 2. The molecule has 4 aromatic rings. The van der Waals surface area contributed by atoms with Crippen LogP contribution >= 0.6 is 0 Å². The van der Waals surface area contributed by atoms with Crippen molar-refractivity contribution in [2.45, 2.75) is 4.90 Å². The van der Waals surface area contributed by atoms with Crippen LogP contribution in [-0.2, 0) is 10.0 Å². The van der Waals surface area contributed by atoms with Gasteiger partial charge in [0.05, 0.1) is 15.9 Å². The van der Waals surface area contributed by atoms with Crippen LogP contribution in [-0.4, -0.2) is 24.3 Å². The molecule has 1 aromatic heterocycles. The standard InChI is InChI=1S/C20H15FN4O4S/c21-13-3-5-14(6-4-13)25-30(28,29)16-8-1-12(2-9-16)19(26)22-15-7-10-17-18(11-15)24-20(27)23-17/h1-11,25H,(H,22,26)(H2,23,24,27). The predicted octanol–water partition coefficient (Wildman–Crippen LogP) is 3.05. The average Bonchev–Trinajstić information content (AvgIpc) is 3.09. The fraction of sp³-hybridized carbons (Fsp3) is 0. The lowest BCUT2D eigenvalue weighted by Crippen LogP contribution is -2.14. The molecule has 0 atom stereocenters. The SMILES string of the molecule is O=C(Nc1ccc2[nH]c(=O)[nH]c2c1)c1ccc(S(=O)(=O)Nc2ccc(F)cc2)cc1. The molecule has 0 aliphatic heterocycles. The van der Waals surface area contributed by atoms with Gasteiger partial charge >= 0.3 is 5.69 Å². The summed E-state index contributed by atoms with van der Waals surface area (Å²) in [6, 6.07) is 15.2. The van der Waals surface area contributed by atoms with E-state index in [1.54, 1.807) is 18.2 Å². The molecule has 0 radical (unpaired) electrons. The van der Waals surface area contributed by atoms with Gasteiger partial charge in [0.15, 0.2) is 0 Å². The molecule has 4 rings (SSSR count). The number of imidazole rings is 1. The molecule has 1 amide bonds. The lowest BCUT2D eigenvalue weighted by Gasteiger charge is -2.09. The highest BCUT2D eigenvalue weighted by Gasteiger charge is 2.15. The molecular weight excluding hydrogens is 411 g/mol. The van der Waals surface area contributed by atoms with Gasteiger partial charge in [-0.2, -0.15) is 0 Å². The molecule has 10 heteroatoms. The molecular formula is C20H15FN4O4S. The number of benzene rings is 3. The van der Waals surface area contributed by atoms with Crippen molar-refractivity contribution in [3.05, 3.63) is 88.6 Å². The maximum atomic E-state index is 13.0. The largest absolute Gasteiger partial charge is 0.323 e. The van der Waals surface area contributed by atoms with E-state index in [-0.39, 0.29) is 21.8 Å². The van der Waals surface area contributed by atoms with Crippen LogP contribution in [0.1, 0.15) is 10.4 Å². The van der Waals surface area contributed by atoms with Crippen LogP contribution in [0.3, 0.4) is 0 Å². The summed E-state index contributed by atoms with van der Waals surface area (Å²) in [4.78, 5) is 28.9. The minimum atomic E-state index is -3.89. The molecule has 1 heterocycles. The van der Waals surface area contributed by atoms with Gasteiger partial charge < -0.3 is 15.3 Å². The number of hydrogen-bond acceptors (Lipinski definition) is 4. The quantitative estimate of drug-likeness (QED) is 0.392. The smallest absolute Gasteiger partial charge is 0.322 e. The minimum Gasteiger partial charge on any atom is -0.322 e. The first kappa shape index (κ1) is 19.4. The van der Waals surface area contributed by atoms with Crippen molar-refractivity contribution < 1.29 is 17.6 Å². The van der Waals surface area contributed by atoms with Crippen LogP contribution in [0.2, 0.25) is 0 Å². The zero-order valence-corrected chi connectivity index (χ0v) is 16.1. The topological polar surface area (TPSA) is 124 Å². The van der Waals surface area contributed by atoms with Crippen molar-refractivity contribution in [3.63, 3.8) is 0 Å². The fourth-order valence-electron chi connectivity index (χ4n) is 2.83. The second kappa shape index (κ2) is 7.48. The van der Waals surface area contributed by atoms with Crippen molar-refractivity contribution in [2.24, 2.45) is 0 Å². The molecule has 3 aromatic carbocycles. The summed E-state index contributed by atoms with van der Waals surface area (Å²) < 4.78 is 40.2. The number of H-pyrrole nitrogens is 2. The van der Waals surface area contributed by atoms with Gasteiger partial charge in [-0.05, 0) is 66.7 Å². The maximum absolute atomic E-state index is 13.0. The number of rotatable bonds is 5. The molecule has 0 spiro atoms. The van der Waals surface area contributed by atoms with Crippen LogP contribution < -0.4 is 15.7 Å². The van der Waals surface area contributed by atoms with E-state index in [0.29, 0.717) is 16.7 Å². The van der Waals surface area contributed by atoms with Crippen molar-refractivity contribution in [2.75, 3.05) is 10.0 Å². The molecule has 4 N–H and O–H groups in total. The van der Waals surface area contributed by atoms with E-state index in [1.807, 2.05) is 0 Å². The van der Waals surface area contributed by atoms with Crippen molar-refractivity contribution in [1.82, 2.24) is 9.97 Å². The Morgan fingerprint density at radius 3 is 2.17 bits per heavy atom. The average molecular weight is 426 g/mol. The minimum absolute atomic E-state index is 0.0466. The second-order valence-electron chi connectivity index (χ2n) is 6.43. The van der Waals surface area contributed by atoms with Crippen LogP contribution in [0, 0.1) is 5.82 Å². The Kier molecular flexibility index (Phi) is 4.84. The van der Waals surface area contributed by atoms with Gasteiger partial charge in [0.2, 0.25) is 0 Å². The lowest BCUT2D eigenvalue weighted by atomic mass is 10.2. The normalized spacial score (nSPS) is 11.4. The van der Waals surface area contributed by atoms with Gasteiger partial charge in [-0.15, -0.1) is 0 Å². The van der Waals surface area contributed by atoms with Crippen LogP contribution in [0.15, 0.2) is 76.4 Å². The second-order valence-corrected chi connectivity index (χ2v) is 8.11. The Bertz CT molecular complexity index is 1390. The molecule has 0 fully saturated rings. The number of halogens is 1. The molecule has 152 valence electrons. The number of nitrogens with one attached hydrogen (secondary N) is 4. The first-order valence-electron chi connectivity index (χ1n) is 8.72. The van der Waals surface area contributed by atoms with Crippen LogP contribution in [0.4, 0.5) is 15.8 Å². The Morgan fingerprint density at radius 1 is 0.833 bits per heavy atom.